The van der Waals surface area contributed by atoms with Crippen LogP contribution in [-0.4, -0.2) is 79.0 Å². The second-order valence-electron chi connectivity index (χ2n) is 7.78. The Morgan fingerprint density at radius 2 is 1.90 bits per heavy atom. The lowest BCUT2D eigenvalue weighted by atomic mass is 10.2. The summed E-state index contributed by atoms with van der Waals surface area (Å²) in [5.41, 5.74) is 3.21. The summed E-state index contributed by atoms with van der Waals surface area (Å²) < 4.78 is 7.14. The van der Waals surface area contributed by atoms with E-state index in [1.165, 1.54) is 5.69 Å². The molecule has 9 heteroatoms. The van der Waals surface area contributed by atoms with Crippen LogP contribution < -0.4 is 15.1 Å². The number of hydrogen-bond acceptors (Lipinski definition) is 5. The Morgan fingerprint density at radius 1 is 1.13 bits per heavy atom. The normalized spacial score (nSPS) is 17.9. The summed E-state index contributed by atoms with van der Waals surface area (Å²) in [6.45, 7) is 8.44. The van der Waals surface area contributed by atoms with Gasteiger partial charge in [-0.25, -0.2) is 4.99 Å². The van der Waals surface area contributed by atoms with E-state index < -0.39 is 0 Å². The predicted molar refractivity (Wildman–Crippen MR) is 121 cm³/mol. The minimum atomic E-state index is 0.0553. The Hall–Kier alpha value is -3.07. The third kappa shape index (κ3) is 5.16. The van der Waals surface area contributed by atoms with E-state index in [0.717, 1.165) is 56.6 Å². The van der Waals surface area contributed by atoms with Crippen LogP contribution in [0.2, 0.25) is 0 Å². The van der Waals surface area contributed by atoms with Gasteiger partial charge in [-0.1, -0.05) is 12.1 Å². The van der Waals surface area contributed by atoms with Crippen molar-refractivity contribution in [1.29, 1.82) is 0 Å². The van der Waals surface area contributed by atoms with E-state index in [4.69, 9.17) is 9.73 Å². The molecule has 1 N–H and O–H groups in total. The molecule has 1 amide bonds. The number of rotatable bonds is 5. The first-order chi connectivity index (χ1) is 15.1. The van der Waals surface area contributed by atoms with Crippen molar-refractivity contribution in [3.05, 3.63) is 42.2 Å². The Bertz CT molecular complexity index is 903. The highest BCUT2D eigenvalue weighted by molar-refractivity contribution is 5.98. The first-order valence-corrected chi connectivity index (χ1v) is 10.9. The van der Waals surface area contributed by atoms with Crippen LogP contribution in [0.5, 0.6) is 0 Å². The Labute approximate surface area is 183 Å². The number of piperazine rings is 1. The minimum absolute atomic E-state index is 0.0553. The lowest BCUT2D eigenvalue weighted by molar-refractivity contribution is -0.120. The lowest BCUT2D eigenvalue weighted by Crippen LogP contribution is -2.55. The molecule has 0 unspecified atom stereocenters. The number of ether oxygens (including phenoxy) is 1. The highest BCUT2D eigenvalue weighted by Gasteiger charge is 2.27. The van der Waals surface area contributed by atoms with Crippen LogP contribution in [0.3, 0.4) is 0 Å². The van der Waals surface area contributed by atoms with E-state index in [1.54, 1.807) is 15.8 Å². The standard InChI is InChI=1S/C22H31N7O2/c1-3-23-22(28-8-9-29(21(30)17-28)20-15-25-26(2)16-20)24-14-18-4-6-19(7-5-18)27-10-12-31-13-11-27/h4-7,15-16H,3,8-14,17H2,1-2H3,(H,23,24). The summed E-state index contributed by atoms with van der Waals surface area (Å²) in [5, 5.41) is 7.50. The van der Waals surface area contributed by atoms with Crippen molar-refractivity contribution in [2.45, 2.75) is 13.5 Å². The molecule has 1 aromatic heterocycles. The number of nitrogens with one attached hydrogen (secondary N) is 1. The van der Waals surface area contributed by atoms with Crippen LogP contribution in [0.25, 0.3) is 0 Å². The van der Waals surface area contributed by atoms with Gasteiger partial charge in [-0.3, -0.25) is 9.48 Å². The zero-order chi connectivity index (χ0) is 21.6. The summed E-state index contributed by atoms with van der Waals surface area (Å²) in [6, 6.07) is 8.56. The van der Waals surface area contributed by atoms with Crippen LogP contribution in [0.4, 0.5) is 11.4 Å². The number of carbonyl (C=O) groups is 1. The average molecular weight is 426 g/mol. The highest BCUT2D eigenvalue weighted by atomic mass is 16.5. The molecule has 2 saturated heterocycles. The Kier molecular flexibility index (Phi) is 6.71. The van der Waals surface area contributed by atoms with Crippen molar-refractivity contribution in [2.24, 2.45) is 12.0 Å². The van der Waals surface area contributed by atoms with Gasteiger partial charge in [-0.2, -0.15) is 5.10 Å². The SMILES string of the molecule is CCNC(=NCc1ccc(N2CCOCC2)cc1)N1CCN(c2cnn(C)c2)C(=O)C1. The van der Waals surface area contributed by atoms with E-state index in [9.17, 15) is 4.79 Å². The number of carbonyl (C=O) groups excluding carboxylic acids is 1. The molecule has 2 aromatic rings. The first-order valence-electron chi connectivity index (χ1n) is 10.9. The van der Waals surface area contributed by atoms with Gasteiger partial charge in [-0.15, -0.1) is 0 Å². The van der Waals surface area contributed by atoms with Gasteiger partial charge in [0.15, 0.2) is 5.96 Å². The third-order valence-corrected chi connectivity index (χ3v) is 5.58. The van der Waals surface area contributed by atoms with Gasteiger partial charge in [0.1, 0.15) is 6.54 Å². The quantitative estimate of drug-likeness (QED) is 0.570. The summed E-state index contributed by atoms with van der Waals surface area (Å²) >= 11 is 0. The maximum Gasteiger partial charge on any atom is 0.246 e. The number of aryl methyl sites for hydroxylation is 1. The molecule has 0 radical (unpaired) electrons. The fourth-order valence-electron chi connectivity index (χ4n) is 3.90. The van der Waals surface area contributed by atoms with Crippen molar-refractivity contribution in [2.75, 3.05) is 62.3 Å². The molecular weight excluding hydrogens is 394 g/mol. The number of benzene rings is 1. The monoisotopic (exact) mass is 425 g/mol. The Morgan fingerprint density at radius 3 is 2.55 bits per heavy atom. The molecule has 0 spiro atoms. The van der Waals surface area contributed by atoms with Gasteiger partial charge in [-0.05, 0) is 24.6 Å². The van der Waals surface area contributed by atoms with E-state index in [2.05, 4.69) is 39.6 Å². The summed E-state index contributed by atoms with van der Waals surface area (Å²) in [5.74, 6) is 0.832. The molecule has 0 bridgehead atoms. The maximum atomic E-state index is 12.7. The molecule has 2 fully saturated rings. The van der Waals surface area contributed by atoms with Gasteiger partial charge in [0.05, 0.1) is 31.6 Å². The number of aromatic nitrogens is 2. The summed E-state index contributed by atoms with van der Waals surface area (Å²) in [7, 11) is 1.85. The number of nitrogens with zero attached hydrogens (tertiary/aromatic N) is 6. The molecule has 2 aliphatic heterocycles. The molecule has 0 aliphatic carbocycles. The second kappa shape index (κ2) is 9.82. The van der Waals surface area contributed by atoms with Crippen molar-refractivity contribution < 1.29 is 9.53 Å². The highest BCUT2D eigenvalue weighted by Crippen LogP contribution is 2.18. The molecule has 0 atom stereocenters. The van der Waals surface area contributed by atoms with E-state index in [1.807, 2.05) is 25.1 Å². The fourth-order valence-corrected chi connectivity index (χ4v) is 3.90. The zero-order valence-corrected chi connectivity index (χ0v) is 18.3. The van der Waals surface area contributed by atoms with Gasteiger partial charge in [0.25, 0.3) is 0 Å². The van der Waals surface area contributed by atoms with Crippen LogP contribution in [-0.2, 0) is 23.1 Å². The number of amides is 1. The zero-order valence-electron chi connectivity index (χ0n) is 18.3. The van der Waals surface area contributed by atoms with Gasteiger partial charge >= 0.3 is 0 Å². The molecule has 166 valence electrons. The predicted octanol–water partition coefficient (Wildman–Crippen LogP) is 1.07. The molecule has 9 nitrogen and oxygen atoms in total. The molecule has 4 rings (SSSR count). The topological polar surface area (TPSA) is 78.2 Å². The van der Waals surface area contributed by atoms with E-state index in [-0.39, 0.29) is 5.91 Å². The molecular formula is C22H31N7O2. The second-order valence-corrected chi connectivity index (χ2v) is 7.78. The van der Waals surface area contributed by atoms with Crippen LogP contribution in [0.15, 0.2) is 41.7 Å². The van der Waals surface area contributed by atoms with E-state index >= 15 is 0 Å². The smallest absolute Gasteiger partial charge is 0.246 e. The molecule has 0 saturated carbocycles. The van der Waals surface area contributed by atoms with Gasteiger partial charge in [0.2, 0.25) is 5.91 Å². The number of hydrogen-bond donors (Lipinski definition) is 1. The van der Waals surface area contributed by atoms with Gasteiger partial charge < -0.3 is 24.8 Å². The molecule has 3 heterocycles. The maximum absolute atomic E-state index is 12.7. The number of anilines is 2. The summed E-state index contributed by atoms with van der Waals surface area (Å²) in [6.07, 6.45) is 3.60. The first kappa shape index (κ1) is 21.2. The fraction of sp³-hybridized carbons (Fsp3) is 0.500. The van der Waals surface area contributed by atoms with Gasteiger partial charge in [0, 0.05) is 51.7 Å². The van der Waals surface area contributed by atoms with Crippen LogP contribution in [0.1, 0.15) is 12.5 Å². The van der Waals surface area contributed by atoms with Crippen LogP contribution in [0, 0.1) is 0 Å². The Balaban J connectivity index is 1.38. The number of guanidine groups is 1. The van der Waals surface area contributed by atoms with Crippen molar-refractivity contribution >= 4 is 23.2 Å². The minimum Gasteiger partial charge on any atom is -0.378 e. The number of aliphatic imine (C=N–C) groups is 1. The van der Waals surface area contributed by atoms with Crippen molar-refractivity contribution in [3.63, 3.8) is 0 Å². The third-order valence-electron chi connectivity index (χ3n) is 5.58. The molecule has 1 aromatic carbocycles. The van der Waals surface area contributed by atoms with Crippen molar-refractivity contribution in [1.82, 2.24) is 20.0 Å². The van der Waals surface area contributed by atoms with Crippen molar-refractivity contribution in [3.8, 4) is 0 Å². The van der Waals surface area contributed by atoms with E-state index in [0.29, 0.717) is 19.6 Å². The molecule has 31 heavy (non-hydrogen) atoms. The average Bonchev–Trinajstić information content (AvgIpc) is 3.23. The molecule has 2 aliphatic rings. The largest absolute Gasteiger partial charge is 0.378 e. The summed E-state index contributed by atoms with van der Waals surface area (Å²) in [4.78, 5) is 23.7. The number of morpholine rings is 1. The van der Waals surface area contributed by atoms with Crippen LogP contribution >= 0.6 is 0 Å². The lowest BCUT2D eigenvalue weighted by Gasteiger charge is -2.35.